The number of benzene rings is 1. The number of halogens is 1. The number of nitrogens with zero attached hydrogens (tertiary/aromatic N) is 4. The number of hydrogen-bond donors (Lipinski definition) is 0. The minimum Gasteiger partial charge on any atom is -0.454 e. The Hall–Kier alpha value is -1.83. The van der Waals surface area contributed by atoms with Crippen molar-refractivity contribution in [3.63, 3.8) is 0 Å². The van der Waals surface area contributed by atoms with Crippen molar-refractivity contribution in [3.8, 4) is 11.5 Å². The molecule has 0 radical (unpaired) electrons. The van der Waals surface area contributed by atoms with Crippen molar-refractivity contribution in [2.24, 2.45) is 0 Å². The van der Waals surface area contributed by atoms with Crippen LogP contribution in [0, 0.1) is 0 Å². The molecule has 1 atom stereocenters. The molecule has 8 heteroatoms. The van der Waals surface area contributed by atoms with Crippen LogP contribution in [0.5, 0.6) is 11.5 Å². The molecule has 26 heavy (non-hydrogen) atoms. The summed E-state index contributed by atoms with van der Waals surface area (Å²) < 4.78 is 18.9. The largest absolute Gasteiger partial charge is 0.454 e. The van der Waals surface area contributed by atoms with E-state index in [0.29, 0.717) is 0 Å². The van der Waals surface area contributed by atoms with Gasteiger partial charge in [0.15, 0.2) is 17.3 Å². The molecule has 4 heterocycles. The molecule has 2 aromatic rings. The highest BCUT2D eigenvalue weighted by atomic mass is 35.5. The normalized spacial score (nSPS) is 22.4. The number of fused-ring (bicyclic) bond motifs is 2. The summed E-state index contributed by atoms with van der Waals surface area (Å²) in [6.45, 7) is 4.59. The van der Waals surface area contributed by atoms with Gasteiger partial charge in [-0.2, -0.15) is 0 Å². The third-order valence-electron chi connectivity index (χ3n) is 5.30. The molecule has 3 aliphatic rings. The van der Waals surface area contributed by atoms with Gasteiger partial charge in [-0.15, -0.1) is 10.2 Å². The van der Waals surface area contributed by atoms with E-state index in [1.54, 1.807) is 0 Å². The van der Waals surface area contributed by atoms with E-state index in [4.69, 9.17) is 25.8 Å². The summed E-state index contributed by atoms with van der Waals surface area (Å²) in [5, 5.41) is 9.53. The SMILES string of the molecule is Clc1cc2c(cc1CN1CCc3nnc([C@H]4CCCO4)n3CC1)OCO2. The molecule has 1 aromatic carbocycles. The highest BCUT2D eigenvalue weighted by molar-refractivity contribution is 6.31. The van der Waals surface area contributed by atoms with Crippen LogP contribution >= 0.6 is 11.6 Å². The van der Waals surface area contributed by atoms with E-state index in [1.807, 2.05) is 12.1 Å². The monoisotopic (exact) mass is 376 g/mol. The summed E-state index contributed by atoms with van der Waals surface area (Å²) in [7, 11) is 0. The van der Waals surface area contributed by atoms with E-state index in [9.17, 15) is 0 Å². The molecule has 0 spiro atoms. The summed E-state index contributed by atoms with van der Waals surface area (Å²) in [5.41, 5.74) is 1.06. The van der Waals surface area contributed by atoms with Gasteiger partial charge in [0.1, 0.15) is 11.9 Å². The van der Waals surface area contributed by atoms with E-state index >= 15 is 0 Å². The Kier molecular flexibility index (Phi) is 4.23. The Morgan fingerprint density at radius 3 is 2.85 bits per heavy atom. The zero-order valence-electron chi connectivity index (χ0n) is 14.5. The predicted octanol–water partition coefficient (Wildman–Crippen LogP) is 2.57. The quantitative estimate of drug-likeness (QED) is 0.820. The van der Waals surface area contributed by atoms with Crippen molar-refractivity contribution in [2.45, 2.75) is 38.5 Å². The molecule has 0 amide bonds. The van der Waals surface area contributed by atoms with Crippen molar-refractivity contribution >= 4 is 11.6 Å². The van der Waals surface area contributed by atoms with Gasteiger partial charge < -0.3 is 18.8 Å². The van der Waals surface area contributed by atoms with Crippen LogP contribution in [0.15, 0.2) is 12.1 Å². The molecule has 0 bridgehead atoms. The third kappa shape index (κ3) is 2.94. The third-order valence-corrected chi connectivity index (χ3v) is 5.65. The maximum atomic E-state index is 6.44. The second kappa shape index (κ2) is 6.72. The Balaban J connectivity index is 1.31. The van der Waals surface area contributed by atoms with Gasteiger partial charge in [0.05, 0.1) is 0 Å². The van der Waals surface area contributed by atoms with E-state index < -0.39 is 0 Å². The van der Waals surface area contributed by atoms with Crippen LogP contribution in [0.2, 0.25) is 5.02 Å². The lowest BCUT2D eigenvalue weighted by Crippen LogP contribution is -2.27. The van der Waals surface area contributed by atoms with E-state index in [-0.39, 0.29) is 12.9 Å². The van der Waals surface area contributed by atoms with Gasteiger partial charge in [0, 0.05) is 50.3 Å². The molecule has 0 saturated carbocycles. The molecular formula is C18H21ClN4O3. The smallest absolute Gasteiger partial charge is 0.231 e. The fraction of sp³-hybridized carbons (Fsp3) is 0.556. The first-order chi connectivity index (χ1) is 12.8. The lowest BCUT2D eigenvalue weighted by molar-refractivity contribution is 0.101. The molecule has 5 rings (SSSR count). The average Bonchev–Trinajstić information content (AvgIpc) is 3.36. The number of hydrogen-bond acceptors (Lipinski definition) is 6. The molecular weight excluding hydrogens is 356 g/mol. The van der Waals surface area contributed by atoms with E-state index in [1.165, 1.54) is 0 Å². The molecule has 7 nitrogen and oxygen atoms in total. The molecule has 1 saturated heterocycles. The molecule has 138 valence electrons. The standard InChI is InChI=1S/C18H21ClN4O3/c19-13-9-16-15(25-11-26-16)8-12(13)10-22-4-3-17-20-21-18(23(17)6-5-22)14-2-1-7-24-14/h8-9,14H,1-7,10-11H2/t14-/m1/s1. The number of rotatable bonds is 3. The second-order valence-corrected chi connectivity index (χ2v) is 7.36. The first-order valence-electron chi connectivity index (χ1n) is 9.12. The summed E-state index contributed by atoms with van der Waals surface area (Å²) in [4.78, 5) is 2.40. The average molecular weight is 377 g/mol. The van der Waals surface area contributed by atoms with Crippen LogP contribution in [-0.2, 0) is 24.2 Å². The Labute approximate surface area is 156 Å². The predicted molar refractivity (Wildman–Crippen MR) is 94.5 cm³/mol. The topological polar surface area (TPSA) is 61.6 Å². The van der Waals surface area contributed by atoms with Crippen molar-refractivity contribution in [3.05, 3.63) is 34.4 Å². The summed E-state index contributed by atoms with van der Waals surface area (Å²) in [6, 6.07) is 3.84. The maximum absolute atomic E-state index is 6.44. The molecule has 0 aliphatic carbocycles. The van der Waals surface area contributed by atoms with Crippen LogP contribution in [0.1, 0.15) is 36.2 Å². The lowest BCUT2D eigenvalue weighted by Gasteiger charge is -2.20. The number of aromatic nitrogens is 3. The van der Waals surface area contributed by atoms with Crippen molar-refractivity contribution in [1.29, 1.82) is 0 Å². The van der Waals surface area contributed by atoms with Crippen molar-refractivity contribution < 1.29 is 14.2 Å². The van der Waals surface area contributed by atoms with Crippen LogP contribution in [0.3, 0.4) is 0 Å². The minimum absolute atomic E-state index is 0.103. The first kappa shape index (κ1) is 16.4. The van der Waals surface area contributed by atoms with Crippen LogP contribution in [-0.4, -0.2) is 46.2 Å². The van der Waals surface area contributed by atoms with E-state index in [2.05, 4.69) is 19.7 Å². The molecule has 1 aromatic heterocycles. The first-order valence-corrected chi connectivity index (χ1v) is 9.49. The maximum Gasteiger partial charge on any atom is 0.231 e. The van der Waals surface area contributed by atoms with Crippen molar-refractivity contribution in [1.82, 2.24) is 19.7 Å². The Morgan fingerprint density at radius 2 is 2.00 bits per heavy atom. The molecule has 0 N–H and O–H groups in total. The van der Waals surface area contributed by atoms with Crippen LogP contribution in [0.4, 0.5) is 0 Å². The van der Waals surface area contributed by atoms with Gasteiger partial charge in [-0.3, -0.25) is 4.90 Å². The molecule has 3 aliphatic heterocycles. The summed E-state index contributed by atoms with van der Waals surface area (Å²) in [6.07, 6.45) is 3.11. The summed E-state index contributed by atoms with van der Waals surface area (Å²) >= 11 is 6.44. The fourth-order valence-corrected chi connectivity index (χ4v) is 4.10. The Morgan fingerprint density at radius 1 is 1.12 bits per heavy atom. The van der Waals surface area contributed by atoms with Gasteiger partial charge in [-0.05, 0) is 24.5 Å². The molecule has 0 unspecified atom stereocenters. The fourth-order valence-electron chi connectivity index (χ4n) is 3.89. The van der Waals surface area contributed by atoms with E-state index in [0.717, 1.165) is 85.8 Å². The number of ether oxygens (including phenoxy) is 3. The van der Waals surface area contributed by atoms with Crippen LogP contribution in [0.25, 0.3) is 0 Å². The summed E-state index contributed by atoms with van der Waals surface area (Å²) in [5.74, 6) is 3.54. The highest BCUT2D eigenvalue weighted by Crippen LogP contribution is 2.37. The zero-order chi connectivity index (χ0) is 17.5. The van der Waals surface area contributed by atoms with Gasteiger partial charge in [0.25, 0.3) is 0 Å². The minimum atomic E-state index is 0.103. The van der Waals surface area contributed by atoms with Gasteiger partial charge in [-0.1, -0.05) is 11.6 Å². The molecule has 1 fully saturated rings. The van der Waals surface area contributed by atoms with Gasteiger partial charge in [-0.25, -0.2) is 0 Å². The zero-order valence-corrected chi connectivity index (χ0v) is 15.2. The van der Waals surface area contributed by atoms with Gasteiger partial charge >= 0.3 is 0 Å². The van der Waals surface area contributed by atoms with Crippen molar-refractivity contribution in [2.75, 3.05) is 26.5 Å². The highest BCUT2D eigenvalue weighted by Gasteiger charge is 2.27. The second-order valence-electron chi connectivity index (χ2n) is 6.95. The van der Waals surface area contributed by atoms with Gasteiger partial charge in [0.2, 0.25) is 6.79 Å². The Bertz CT molecular complexity index is 819. The lowest BCUT2D eigenvalue weighted by atomic mass is 10.2. The van der Waals surface area contributed by atoms with Crippen LogP contribution < -0.4 is 9.47 Å².